The van der Waals surface area contributed by atoms with Crippen molar-refractivity contribution in [2.75, 3.05) is 6.61 Å². The number of benzene rings is 1. The number of carbonyl (C=O) groups excluding carboxylic acids is 1. The summed E-state index contributed by atoms with van der Waals surface area (Å²) in [4.78, 5) is 10.8. The second kappa shape index (κ2) is 5.26. The van der Waals surface area contributed by atoms with Crippen LogP contribution in [0.15, 0.2) is 29.2 Å². The van der Waals surface area contributed by atoms with E-state index in [-0.39, 0.29) is 4.90 Å². The van der Waals surface area contributed by atoms with Crippen molar-refractivity contribution in [2.24, 2.45) is 0 Å². The average Bonchev–Trinajstić information content (AvgIpc) is 2.27. The normalized spacial score (nSPS) is 13.1. The molecule has 0 bridgehead atoms. The van der Waals surface area contributed by atoms with E-state index in [1.807, 2.05) is 0 Å². The van der Waals surface area contributed by atoms with Gasteiger partial charge in [0, 0.05) is 0 Å². The molecule has 94 valence electrons. The number of aliphatic hydroxyl groups is 2. The highest BCUT2D eigenvalue weighted by Crippen LogP contribution is 2.13. The molecule has 0 radical (unpaired) electrons. The number of rotatable bonds is 4. The van der Waals surface area contributed by atoms with Crippen LogP contribution in [0, 0.1) is 6.92 Å². The van der Waals surface area contributed by atoms with Gasteiger partial charge in [0.1, 0.15) is 4.90 Å². The van der Waals surface area contributed by atoms with Gasteiger partial charge in [0.05, 0.1) is 6.61 Å². The van der Waals surface area contributed by atoms with Gasteiger partial charge in [-0.25, -0.2) is 4.79 Å². The molecule has 0 aliphatic rings. The van der Waals surface area contributed by atoms with Gasteiger partial charge in [0.15, 0.2) is 6.10 Å². The molecule has 0 saturated carbocycles. The summed E-state index contributed by atoms with van der Waals surface area (Å²) in [5.74, 6) is -1.41. The first-order chi connectivity index (χ1) is 7.86. The van der Waals surface area contributed by atoms with Crippen molar-refractivity contribution < 1.29 is 27.6 Å². The van der Waals surface area contributed by atoms with Gasteiger partial charge in [-0.1, -0.05) is 17.7 Å². The molecule has 0 amide bonds. The van der Waals surface area contributed by atoms with Crippen molar-refractivity contribution in [2.45, 2.75) is 17.9 Å². The van der Waals surface area contributed by atoms with E-state index < -0.39 is 28.8 Å². The molecule has 17 heavy (non-hydrogen) atoms. The van der Waals surface area contributed by atoms with Crippen molar-refractivity contribution in [1.29, 1.82) is 0 Å². The summed E-state index contributed by atoms with van der Waals surface area (Å²) in [7, 11) is -4.25. The molecule has 2 N–H and O–H groups in total. The first-order valence-electron chi connectivity index (χ1n) is 4.71. The molecule has 0 aliphatic carbocycles. The molecule has 1 rings (SSSR count). The van der Waals surface area contributed by atoms with Crippen LogP contribution in [0.25, 0.3) is 0 Å². The third kappa shape index (κ3) is 3.52. The van der Waals surface area contributed by atoms with E-state index in [9.17, 15) is 13.2 Å². The van der Waals surface area contributed by atoms with Gasteiger partial charge in [0.2, 0.25) is 0 Å². The summed E-state index contributed by atoms with van der Waals surface area (Å²) in [5.41, 5.74) is 0.852. The Labute approximate surface area is 98.6 Å². The maximum Gasteiger partial charge on any atom is 0.353 e. The van der Waals surface area contributed by atoms with Crippen LogP contribution in [0.4, 0.5) is 0 Å². The number of hydrogen-bond acceptors (Lipinski definition) is 6. The van der Waals surface area contributed by atoms with Gasteiger partial charge in [-0.2, -0.15) is 8.42 Å². The quantitative estimate of drug-likeness (QED) is 0.713. The Bertz CT molecular complexity index is 490. The van der Waals surface area contributed by atoms with Crippen LogP contribution in [-0.2, 0) is 19.1 Å². The lowest BCUT2D eigenvalue weighted by Gasteiger charge is -2.08. The van der Waals surface area contributed by atoms with Crippen LogP contribution < -0.4 is 0 Å². The fourth-order valence-electron chi connectivity index (χ4n) is 0.991. The molecular weight excluding hydrogens is 248 g/mol. The Morgan fingerprint density at radius 2 is 1.88 bits per heavy atom. The maximum atomic E-state index is 11.5. The average molecular weight is 260 g/mol. The fraction of sp³-hybridized carbons (Fsp3) is 0.300. The van der Waals surface area contributed by atoms with Crippen LogP contribution in [0.3, 0.4) is 0 Å². The van der Waals surface area contributed by atoms with E-state index >= 15 is 0 Å². The molecule has 0 heterocycles. The topological polar surface area (TPSA) is 101 Å². The number of aryl methyl sites for hydroxylation is 1. The summed E-state index contributed by atoms with van der Waals surface area (Å²) < 4.78 is 27.2. The third-order valence-corrected chi connectivity index (χ3v) is 3.18. The van der Waals surface area contributed by atoms with E-state index in [2.05, 4.69) is 4.18 Å². The second-order valence-electron chi connectivity index (χ2n) is 3.37. The van der Waals surface area contributed by atoms with Crippen LogP contribution in [0.1, 0.15) is 5.56 Å². The summed E-state index contributed by atoms with van der Waals surface area (Å²) in [5, 5.41) is 17.4. The molecule has 1 aromatic carbocycles. The van der Waals surface area contributed by atoms with E-state index in [1.54, 1.807) is 19.1 Å². The molecule has 0 saturated heterocycles. The van der Waals surface area contributed by atoms with Crippen molar-refractivity contribution in [3.05, 3.63) is 29.8 Å². The van der Waals surface area contributed by atoms with Crippen molar-refractivity contribution >= 4 is 16.1 Å². The SMILES string of the molecule is Cc1ccc(S(=O)(=O)OC(=O)C(O)CO)cc1. The highest BCUT2D eigenvalue weighted by molar-refractivity contribution is 7.87. The second-order valence-corrected chi connectivity index (χ2v) is 4.91. The molecule has 0 aromatic heterocycles. The van der Waals surface area contributed by atoms with Gasteiger partial charge >= 0.3 is 16.1 Å². The molecule has 6 nitrogen and oxygen atoms in total. The monoisotopic (exact) mass is 260 g/mol. The Hall–Kier alpha value is -1.44. The van der Waals surface area contributed by atoms with Gasteiger partial charge in [-0.05, 0) is 19.1 Å². The lowest BCUT2D eigenvalue weighted by Crippen LogP contribution is -2.28. The zero-order valence-electron chi connectivity index (χ0n) is 9.03. The predicted molar refractivity (Wildman–Crippen MR) is 57.5 cm³/mol. The van der Waals surface area contributed by atoms with Crippen molar-refractivity contribution in [3.8, 4) is 0 Å². The van der Waals surface area contributed by atoms with E-state index in [1.165, 1.54) is 12.1 Å². The zero-order valence-corrected chi connectivity index (χ0v) is 9.85. The first kappa shape index (κ1) is 13.6. The highest BCUT2D eigenvalue weighted by atomic mass is 32.2. The van der Waals surface area contributed by atoms with Crippen LogP contribution in [0.5, 0.6) is 0 Å². The maximum absolute atomic E-state index is 11.5. The van der Waals surface area contributed by atoms with E-state index in [0.29, 0.717) is 0 Å². The minimum absolute atomic E-state index is 0.193. The Balaban J connectivity index is 2.89. The lowest BCUT2D eigenvalue weighted by atomic mass is 10.2. The number of aliphatic hydroxyl groups excluding tert-OH is 2. The standard InChI is InChI=1S/C10H12O6S/c1-7-2-4-8(5-3-7)17(14,15)16-10(13)9(12)6-11/h2-5,9,11-12H,6H2,1H3. The molecule has 0 spiro atoms. The molecule has 7 heteroatoms. The van der Waals surface area contributed by atoms with Crippen LogP contribution in [0.2, 0.25) is 0 Å². The molecule has 1 unspecified atom stereocenters. The van der Waals surface area contributed by atoms with Crippen LogP contribution in [-0.4, -0.2) is 37.3 Å². The Morgan fingerprint density at radius 1 is 1.35 bits per heavy atom. The Morgan fingerprint density at radius 3 is 2.35 bits per heavy atom. The summed E-state index contributed by atoms with van der Waals surface area (Å²) in [6, 6.07) is 5.65. The van der Waals surface area contributed by atoms with Crippen molar-refractivity contribution in [1.82, 2.24) is 0 Å². The van der Waals surface area contributed by atoms with E-state index in [4.69, 9.17) is 10.2 Å². The zero-order chi connectivity index (χ0) is 13.1. The van der Waals surface area contributed by atoms with Gasteiger partial charge in [-0.15, -0.1) is 0 Å². The lowest BCUT2D eigenvalue weighted by molar-refractivity contribution is -0.145. The molecule has 1 aromatic rings. The number of carbonyl (C=O) groups is 1. The predicted octanol–water partition coefficient (Wildman–Crippen LogP) is -0.420. The summed E-state index contributed by atoms with van der Waals surface area (Å²) in [6.07, 6.45) is -1.87. The summed E-state index contributed by atoms with van der Waals surface area (Å²) in [6.45, 7) is 0.875. The minimum atomic E-state index is -4.25. The molecule has 0 fully saturated rings. The van der Waals surface area contributed by atoms with Gasteiger partial charge < -0.3 is 14.4 Å². The minimum Gasteiger partial charge on any atom is -0.393 e. The first-order valence-corrected chi connectivity index (χ1v) is 6.11. The Kier molecular flexibility index (Phi) is 4.22. The van der Waals surface area contributed by atoms with Gasteiger partial charge in [0.25, 0.3) is 0 Å². The third-order valence-electron chi connectivity index (χ3n) is 1.95. The highest BCUT2D eigenvalue weighted by Gasteiger charge is 2.24. The smallest absolute Gasteiger partial charge is 0.353 e. The molecule has 1 atom stereocenters. The number of hydrogen-bond donors (Lipinski definition) is 2. The summed E-state index contributed by atoms with van der Waals surface area (Å²) >= 11 is 0. The molecule has 0 aliphatic heterocycles. The van der Waals surface area contributed by atoms with Gasteiger partial charge in [-0.3, -0.25) is 0 Å². The largest absolute Gasteiger partial charge is 0.393 e. The van der Waals surface area contributed by atoms with E-state index in [0.717, 1.165) is 5.56 Å². The van der Waals surface area contributed by atoms with Crippen LogP contribution >= 0.6 is 0 Å². The fourth-order valence-corrected chi connectivity index (χ4v) is 1.88. The van der Waals surface area contributed by atoms with Crippen molar-refractivity contribution in [3.63, 3.8) is 0 Å². The molecular formula is C10H12O6S.